The number of aromatic nitrogens is 1. The number of halogens is 5. The number of hydrogen-bond donors (Lipinski definition) is 1. The molecule has 10 heteroatoms. The van der Waals surface area contributed by atoms with E-state index in [1.807, 2.05) is 0 Å². The second kappa shape index (κ2) is 5.99. The summed E-state index contributed by atoms with van der Waals surface area (Å²) in [5.41, 5.74) is 2.91. The second-order valence-electron chi connectivity index (χ2n) is 3.41. The number of alkyl halides is 5. The summed E-state index contributed by atoms with van der Waals surface area (Å²) in [4.78, 5) is 14.7. The van der Waals surface area contributed by atoms with Crippen molar-refractivity contribution in [1.29, 1.82) is 0 Å². The molecule has 0 aliphatic heterocycles. The van der Waals surface area contributed by atoms with Gasteiger partial charge in [0.2, 0.25) is 0 Å². The minimum atomic E-state index is -5.18. The van der Waals surface area contributed by atoms with Crippen molar-refractivity contribution in [2.24, 2.45) is 5.73 Å². The molecule has 0 fully saturated rings. The molecule has 0 aromatic carbocycles. The van der Waals surface area contributed by atoms with Gasteiger partial charge in [-0.1, -0.05) is 0 Å². The molecule has 0 atom stereocenters. The highest BCUT2D eigenvalue weighted by molar-refractivity contribution is 5.89. The van der Waals surface area contributed by atoms with Crippen LogP contribution >= 0.6 is 0 Å². The van der Waals surface area contributed by atoms with E-state index in [2.05, 4.69) is 14.5 Å². The van der Waals surface area contributed by atoms with Gasteiger partial charge in [-0.05, 0) is 0 Å². The zero-order valence-electron chi connectivity index (χ0n) is 10.0. The van der Waals surface area contributed by atoms with Gasteiger partial charge in [-0.2, -0.15) is 0 Å². The van der Waals surface area contributed by atoms with Gasteiger partial charge in [-0.25, -0.2) is 18.6 Å². The van der Waals surface area contributed by atoms with Crippen molar-refractivity contribution in [3.8, 4) is 5.75 Å². The molecule has 0 unspecified atom stereocenters. The van der Waals surface area contributed by atoms with Crippen LogP contribution in [0.15, 0.2) is 6.20 Å². The van der Waals surface area contributed by atoms with E-state index in [0.717, 1.165) is 7.11 Å². The molecule has 0 saturated heterocycles. The lowest BCUT2D eigenvalue weighted by Crippen LogP contribution is -2.21. The molecule has 0 radical (unpaired) electrons. The van der Waals surface area contributed by atoms with Gasteiger partial charge in [0, 0.05) is 12.1 Å². The van der Waals surface area contributed by atoms with Crippen LogP contribution in [0.2, 0.25) is 0 Å². The largest absolute Gasteiger partial charge is 0.573 e. The molecule has 0 bridgehead atoms. The Hall–Kier alpha value is -1.97. The Labute approximate surface area is 109 Å². The van der Waals surface area contributed by atoms with E-state index in [1.54, 1.807) is 0 Å². The second-order valence-corrected chi connectivity index (χ2v) is 3.41. The number of rotatable bonds is 4. The summed E-state index contributed by atoms with van der Waals surface area (Å²) in [5, 5.41) is 0. The van der Waals surface area contributed by atoms with Gasteiger partial charge in [0.15, 0.2) is 11.4 Å². The van der Waals surface area contributed by atoms with Gasteiger partial charge in [0.05, 0.1) is 18.9 Å². The molecular formula is C10H9F5N2O3. The first-order valence-corrected chi connectivity index (χ1v) is 5.05. The molecule has 0 aliphatic carbocycles. The summed E-state index contributed by atoms with van der Waals surface area (Å²) in [7, 11) is 0.965. The summed E-state index contributed by atoms with van der Waals surface area (Å²) in [5.74, 6) is -2.30. The van der Waals surface area contributed by atoms with Crippen LogP contribution in [0.5, 0.6) is 5.75 Å². The zero-order chi connectivity index (χ0) is 15.5. The molecule has 0 spiro atoms. The van der Waals surface area contributed by atoms with Crippen LogP contribution in [-0.4, -0.2) is 24.4 Å². The van der Waals surface area contributed by atoms with Crippen molar-refractivity contribution in [3.05, 3.63) is 23.0 Å². The number of pyridine rings is 1. The quantitative estimate of drug-likeness (QED) is 0.681. The molecule has 1 rings (SSSR count). The number of carbonyl (C=O) groups excluding carboxylic acids is 1. The van der Waals surface area contributed by atoms with E-state index < -0.39 is 47.9 Å². The van der Waals surface area contributed by atoms with E-state index >= 15 is 0 Å². The Kier molecular flexibility index (Phi) is 4.82. The Bertz CT molecular complexity index is 504. The van der Waals surface area contributed by atoms with Crippen LogP contribution in [-0.2, 0) is 11.3 Å². The Balaban J connectivity index is 3.46. The van der Waals surface area contributed by atoms with Crippen LogP contribution in [0.1, 0.15) is 28.0 Å². The van der Waals surface area contributed by atoms with Gasteiger partial charge in [0.25, 0.3) is 6.43 Å². The Morgan fingerprint density at radius 2 is 2.05 bits per heavy atom. The first-order chi connectivity index (χ1) is 9.21. The zero-order valence-corrected chi connectivity index (χ0v) is 10.0. The average Bonchev–Trinajstić information content (AvgIpc) is 2.34. The lowest BCUT2D eigenvalue weighted by Gasteiger charge is -2.16. The van der Waals surface area contributed by atoms with Gasteiger partial charge in [-0.3, -0.25) is 0 Å². The summed E-state index contributed by atoms with van der Waals surface area (Å²) in [6.07, 6.45) is -8.14. The summed E-state index contributed by atoms with van der Waals surface area (Å²) >= 11 is 0. The first-order valence-electron chi connectivity index (χ1n) is 5.05. The third-order valence-electron chi connectivity index (χ3n) is 2.21. The number of carbonyl (C=O) groups is 1. The number of hydrogen-bond acceptors (Lipinski definition) is 5. The smallest absolute Gasteiger partial charge is 0.464 e. The van der Waals surface area contributed by atoms with Crippen molar-refractivity contribution in [2.45, 2.75) is 19.3 Å². The molecule has 5 nitrogen and oxygen atoms in total. The molecule has 20 heavy (non-hydrogen) atoms. The van der Waals surface area contributed by atoms with Crippen molar-refractivity contribution in [3.63, 3.8) is 0 Å². The summed E-state index contributed by atoms with van der Waals surface area (Å²) < 4.78 is 70.0. The van der Waals surface area contributed by atoms with Crippen molar-refractivity contribution in [2.75, 3.05) is 7.11 Å². The minimum absolute atomic E-state index is 0.375. The number of nitrogens with zero attached hydrogens (tertiary/aromatic N) is 1. The van der Waals surface area contributed by atoms with Crippen LogP contribution in [0.25, 0.3) is 0 Å². The van der Waals surface area contributed by atoms with Crippen molar-refractivity contribution in [1.82, 2.24) is 4.98 Å². The highest BCUT2D eigenvalue weighted by Crippen LogP contribution is 2.36. The molecule has 1 heterocycles. The number of methoxy groups -OCH3 is 1. The SMILES string of the molecule is COC(=O)c1ncc(OC(F)(F)F)c(C(F)F)c1CN. The first kappa shape index (κ1) is 16.1. The van der Waals surface area contributed by atoms with Gasteiger partial charge >= 0.3 is 12.3 Å². The topological polar surface area (TPSA) is 74.4 Å². The predicted octanol–water partition coefficient (Wildman–Crippen LogP) is 2.16. The molecule has 0 saturated carbocycles. The standard InChI is InChI=1S/C10H9F5N2O3/c1-19-9(18)7-4(2-16)6(8(11)12)5(3-17-7)20-10(13,14)15/h3,8H,2,16H2,1H3. The van der Waals surface area contributed by atoms with Crippen LogP contribution < -0.4 is 10.5 Å². The van der Waals surface area contributed by atoms with Crippen molar-refractivity contribution >= 4 is 5.97 Å². The van der Waals surface area contributed by atoms with E-state index in [9.17, 15) is 26.7 Å². The fourth-order valence-corrected chi connectivity index (χ4v) is 1.47. The lowest BCUT2D eigenvalue weighted by molar-refractivity contribution is -0.275. The number of ether oxygens (including phenoxy) is 2. The molecule has 1 aromatic rings. The lowest BCUT2D eigenvalue weighted by atomic mass is 10.1. The summed E-state index contributed by atoms with van der Waals surface area (Å²) in [6.45, 7) is -0.633. The van der Waals surface area contributed by atoms with E-state index in [4.69, 9.17) is 5.73 Å². The molecule has 1 aromatic heterocycles. The molecule has 0 aliphatic rings. The normalized spacial score (nSPS) is 11.6. The van der Waals surface area contributed by atoms with E-state index in [-0.39, 0.29) is 0 Å². The Morgan fingerprint density at radius 3 is 2.45 bits per heavy atom. The average molecular weight is 300 g/mol. The van der Waals surface area contributed by atoms with Crippen LogP contribution in [0.3, 0.4) is 0 Å². The van der Waals surface area contributed by atoms with Gasteiger partial charge in [0.1, 0.15) is 0 Å². The monoisotopic (exact) mass is 300 g/mol. The molecule has 2 N–H and O–H groups in total. The Morgan fingerprint density at radius 1 is 1.45 bits per heavy atom. The van der Waals surface area contributed by atoms with Crippen LogP contribution in [0, 0.1) is 0 Å². The van der Waals surface area contributed by atoms with Crippen LogP contribution in [0.4, 0.5) is 22.0 Å². The fraction of sp³-hybridized carbons (Fsp3) is 0.400. The third-order valence-corrected chi connectivity index (χ3v) is 2.21. The maximum atomic E-state index is 12.9. The predicted molar refractivity (Wildman–Crippen MR) is 55.1 cm³/mol. The van der Waals surface area contributed by atoms with Crippen molar-refractivity contribution < 1.29 is 36.2 Å². The molecule has 112 valence electrons. The minimum Gasteiger partial charge on any atom is -0.464 e. The van der Waals surface area contributed by atoms with E-state index in [1.165, 1.54) is 0 Å². The number of nitrogens with two attached hydrogens (primary N) is 1. The fourth-order valence-electron chi connectivity index (χ4n) is 1.47. The maximum Gasteiger partial charge on any atom is 0.573 e. The van der Waals surface area contributed by atoms with E-state index in [0.29, 0.717) is 6.20 Å². The summed E-state index contributed by atoms with van der Waals surface area (Å²) in [6, 6.07) is 0. The van der Waals surface area contributed by atoms with Gasteiger partial charge < -0.3 is 15.2 Å². The molecular weight excluding hydrogens is 291 g/mol. The van der Waals surface area contributed by atoms with Gasteiger partial charge in [-0.15, -0.1) is 13.2 Å². The maximum absolute atomic E-state index is 12.9. The highest BCUT2D eigenvalue weighted by atomic mass is 19.4. The number of esters is 1. The highest BCUT2D eigenvalue weighted by Gasteiger charge is 2.35. The third kappa shape index (κ3) is 3.53. The molecule has 0 amide bonds.